The summed E-state index contributed by atoms with van der Waals surface area (Å²) >= 11 is 0. The molecular formula is C24H26N2O5S. The summed E-state index contributed by atoms with van der Waals surface area (Å²) in [7, 11) is -2.29. The molecule has 3 aromatic rings. The minimum atomic E-state index is -3.78. The van der Waals surface area contributed by atoms with Crippen LogP contribution in [0.25, 0.3) is 0 Å². The number of anilines is 2. The van der Waals surface area contributed by atoms with Gasteiger partial charge in [0.15, 0.2) is 6.61 Å². The molecule has 0 radical (unpaired) electrons. The lowest BCUT2D eigenvalue weighted by Gasteiger charge is -2.19. The van der Waals surface area contributed by atoms with E-state index in [0.29, 0.717) is 23.7 Å². The number of para-hydroxylation sites is 1. The number of nitrogens with one attached hydrogen (secondary N) is 1. The number of amides is 1. The Labute approximate surface area is 188 Å². The van der Waals surface area contributed by atoms with Gasteiger partial charge in [-0.1, -0.05) is 31.2 Å². The van der Waals surface area contributed by atoms with Crippen molar-refractivity contribution < 1.29 is 22.7 Å². The Balaban J connectivity index is 1.61. The summed E-state index contributed by atoms with van der Waals surface area (Å²) in [6.45, 7) is 2.46. The highest BCUT2D eigenvalue weighted by molar-refractivity contribution is 7.92. The SMILES string of the molecule is CCCOc1ccc(OCC(=O)Nc2cccc(S(=O)(=O)N(C)c3ccccc3)c2)cc1. The van der Waals surface area contributed by atoms with E-state index in [4.69, 9.17) is 9.47 Å². The average molecular weight is 455 g/mol. The van der Waals surface area contributed by atoms with Crippen molar-refractivity contribution >= 4 is 27.3 Å². The molecule has 3 rings (SSSR count). The van der Waals surface area contributed by atoms with Gasteiger partial charge in [0.25, 0.3) is 15.9 Å². The topological polar surface area (TPSA) is 84.9 Å². The quantitative estimate of drug-likeness (QED) is 0.493. The summed E-state index contributed by atoms with van der Waals surface area (Å²) in [5.41, 5.74) is 0.908. The maximum Gasteiger partial charge on any atom is 0.264 e. The van der Waals surface area contributed by atoms with E-state index in [1.807, 2.05) is 13.0 Å². The molecule has 8 heteroatoms. The molecule has 0 spiro atoms. The van der Waals surface area contributed by atoms with Gasteiger partial charge in [0.1, 0.15) is 11.5 Å². The predicted octanol–water partition coefficient (Wildman–Crippen LogP) is 4.32. The van der Waals surface area contributed by atoms with E-state index >= 15 is 0 Å². The van der Waals surface area contributed by atoms with Gasteiger partial charge in [-0.05, 0) is 61.0 Å². The van der Waals surface area contributed by atoms with Crippen LogP contribution in [-0.4, -0.2) is 34.6 Å². The first-order valence-electron chi connectivity index (χ1n) is 10.2. The zero-order valence-electron chi connectivity index (χ0n) is 18.0. The van der Waals surface area contributed by atoms with E-state index in [-0.39, 0.29) is 11.5 Å². The first kappa shape index (κ1) is 23.1. The molecule has 0 heterocycles. The van der Waals surface area contributed by atoms with E-state index in [9.17, 15) is 13.2 Å². The van der Waals surface area contributed by atoms with Crippen LogP contribution in [0.3, 0.4) is 0 Å². The van der Waals surface area contributed by atoms with E-state index in [2.05, 4.69) is 5.32 Å². The second-order valence-corrected chi connectivity index (χ2v) is 8.96. The van der Waals surface area contributed by atoms with Gasteiger partial charge >= 0.3 is 0 Å². The van der Waals surface area contributed by atoms with Gasteiger partial charge in [-0.15, -0.1) is 0 Å². The number of benzene rings is 3. The zero-order valence-corrected chi connectivity index (χ0v) is 18.8. The maximum absolute atomic E-state index is 13.0. The molecule has 0 aliphatic rings. The minimum Gasteiger partial charge on any atom is -0.494 e. The summed E-state index contributed by atoms with van der Waals surface area (Å²) < 4.78 is 38.1. The highest BCUT2D eigenvalue weighted by Gasteiger charge is 2.21. The normalized spacial score (nSPS) is 10.9. The molecule has 0 fully saturated rings. The molecule has 0 unspecified atom stereocenters. The molecule has 0 aromatic heterocycles. The standard InChI is InChI=1S/C24H26N2O5S/c1-3-16-30-21-12-14-22(15-13-21)31-18-24(27)25-19-8-7-11-23(17-19)32(28,29)26(2)20-9-5-4-6-10-20/h4-15,17H,3,16,18H2,1-2H3,(H,25,27). The maximum atomic E-state index is 13.0. The van der Waals surface area contributed by atoms with Crippen molar-refractivity contribution in [3.63, 3.8) is 0 Å². The summed E-state index contributed by atoms with van der Waals surface area (Å²) in [5, 5.41) is 2.67. The third-order valence-electron chi connectivity index (χ3n) is 4.56. The predicted molar refractivity (Wildman–Crippen MR) is 125 cm³/mol. The van der Waals surface area contributed by atoms with Crippen LogP contribution in [0.5, 0.6) is 11.5 Å². The van der Waals surface area contributed by atoms with Crippen LogP contribution in [0.4, 0.5) is 11.4 Å². The molecule has 168 valence electrons. The van der Waals surface area contributed by atoms with E-state index in [1.54, 1.807) is 60.7 Å². The van der Waals surface area contributed by atoms with Crippen molar-refractivity contribution in [1.29, 1.82) is 0 Å². The lowest BCUT2D eigenvalue weighted by molar-refractivity contribution is -0.118. The van der Waals surface area contributed by atoms with Gasteiger partial charge in [0, 0.05) is 12.7 Å². The van der Waals surface area contributed by atoms with Crippen LogP contribution < -0.4 is 19.1 Å². The smallest absolute Gasteiger partial charge is 0.264 e. The first-order valence-corrected chi connectivity index (χ1v) is 11.6. The number of sulfonamides is 1. The Morgan fingerprint density at radius 2 is 1.56 bits per heavy atom. The largest absolute Gasteiger partial charge is 0.494 e. The fourth-order valence-electron chi connectivity index (χ4n) is 2.87. The van der Waals surface area contributed by atoms with Gasteiger partial charge in [-0.3, -0.25) is 9.10 Å². The zero-order chi connectivity index (χ0) is 23.0. The van der Waals surface area contributed by atoms with Crippen molar-refractivity contribution in [2.45, 2.75) is 18.2 Å². The number of ether oxygens (including phenoxy) is 2. The molecule has 32 heavy (non-hydrogen) atoms. The molecule has 3 aromatic carbocycles. The summed E-state index contributed by atoms with van der Waals surface area (Å²) in [5.74, 6) is 0.870. The molecule has 0 aliphatic heterocycles. The number of hydrogen-bond donors (Lipinski definition) is 1. The highest BCUT2D eigenvalue weighted by Crippen LogP contribution is 2.24. The lowest BCUT2D eigenvalue weighted by atomic mass is 10.3. The Kier molecular flexibility index (Phi) is 7.72. The molecule has 0 bridgehead atoms. The van der Waals surface area contributed by atoms with Gasteiger partial charge in [-0.2, -0.15) is 0 Å². The molecule has 1 amide bonds. The van der Waals surface area contributed by atoms with Crippen molar-refractivity contribution in [2.75, 3.05) is 29.9 Å². The Morgan fingerprint density at radius 3 is 2.22 bits per heavy atom. The Hall–Kier alpha value is -3.52. The van der Waals surface area contributed by atoms with E-state index in [1.165, 1.54) is 23.5 Å². The van der Waals surface area contributed by atoms with Gasteiger partial charge in [-0.25, -0.2) is 8.42 Å². The monoisotopic (exact) mass is 454 g/mol. The Bertz CT molecular complexity index is 1130. The Morgan fingerprint density at radius 1 is 0.906 bits per heavy atom. The van der Waals surface area contributed by atoms with Gasteiger partial charge in [0.2, 0.25) is 0 Å². The lowest BCUT2D eigenvalue weighted by Crippen LogP contribution is -2.26. The fourth-order valence-corrected chi connectivity index (χ4v) is 4.11. The van der Waals surface area contributed by atoms with Crippen LogP contribution in [0, 0.1) is 0 Å². The van der Waals surface area contributed by atoms with Gasteiger partial charge < -0.3 is 14.8 Å². The summed E-state index contributed by atoms with van der Waals surface area (Å²) in [6.07, 6.45) is 0.920. The van der Waals surface area contributed by atoms with Crippen molar-refractivity contribution in [3.05, 3.63) is 78.9 Å². The number of hydrogen-bond acceptors (Lipinski definition) is 5. The number of nitrogens with zero attached hydrogens (tertiary/aromatic N) is 1. The van der Waals surface area contributed by atoms with Crippen molar-refractivity contribution in [1.82, 2.24) is 0 Å². The second kappa shape index (κ2) is 10.7. The van der Waals surface area contributed by atoms with E-state index in [0.717, 1.165) is 12.2 Å². The van der Waals surface area contributed by atoms with Crippen LogP contribution in [0.1, 0.15) is 13.3 Å². The second-order valence-electron chi connectivity index (χ2n) is 6.99. The third kappa shape index (κ3) is 6.01. The van der Waals surface area contributed by atoms with Crippen LogP contribution in [0.2, 0.25) is 0 Å². The molecule has 0 aliphatic carbocycles. The number of carbonyl (C=O) groups is 1. The minimum absolute atomic E-state index is 0.0743. The van der Waals surface area contributed by atoms with Crippen LogP contribution >= 0.6 is 0 Å². The molecule has 0 saturated heterocycles. The number of carbonyl (C=O) groups excluding carboxylic acids is 1. The first-order chi connectivity index (χ1) is 15.4. The molecular weight excluding hydrogens is 428 g/mol. The average Bonchev–Trinajstić information content (AvgIpc) is 2.82. The van der Waals surface area contributed by atoms with Crippen molar-refractivity contribution in [2.24, 2.45) is 0 Å². The third-order valence-corrected chi connectivity index (χ3v) is 6.34. The summed E-state index contributed by atoms with van der Waals surface area (Å²) in [4.78, 5) is 12.4. The molecule has 0 saturated carbocycles. The molecule has 7 nitrogen and oxygen atoms in total. The number of rotatable bonds is 10. The molecule has 0 atom stereocenters. The fraction of sp³-hybridized carbons (Fsp3) is 0.208. The summed E-state index contributed by atoms with van der Waals surface area (Å²) in [6, 6.07) is 21.9. The van der Waals surface area contributed by atoms with Crippen molar-refractivity contribution in [3.8, 4) is 11.5 Å². The highest BCUT2D eigenvalue weighted by atomic mass is 32.2. The van der Waals surface area contributed by atoms with Crippen LogP contribution in [-0.2, 0) is 14.8 Å². The molecule has 1 N–H and O–H groups in total. The van der Waals surface area contributed by atoms with Crippen LogP contribution in [0.15, 0.2) is 83.8 Å². The van der Waals surface area contributed by atoms with Gasteiger partial charge in [0.05, 0.1) is 17.2 Å². The van der Waals surface area contributed by atoms with E-state index < -0.39 is 15.9 Å².